The van der Waals surface area contributed by atoms with Crippen LogP contribution in [0.15, 0.2) is 84.0 Å². The molecule has 0 radical (unpaired) electrons. The van der Waals surface area contributed by atoms with Crippen molar-refractivity contribution in [1.82, 2.24) is 9.97 Å². The molecule has 2 heterocycles. The van der Waals surface area contributed by atoms with Gasteiger partial charge in [0.25, 0.3) is 0 Å². The van der Waals surface area contributed by atoms with E-state index in [1.807, 2.05) is 72.9 Å². The highest BCUT2D eigenvalue weighted by atomic mass is 16.5. The van der Waals surface area contributed by atoms with Gasteiger partial charge in [0.1, 0.15) is 5.82 Å². The average Bonchev–Trinajstić information content (AvgIpc) is 2.86. The third kappa shape index (κ3) is 5.63. The molecule has 7 heteroatoms. The van der Waals surface area contributed by atoms with Crippen LogP contribution in [-0.2, 0) is 14.9 Å². The fourth-order valence-corrected chi connectivity index (χ4v) is 3.69. The van der Waals surface area contributed by atoms with E-state index in [0.29, 0.717) is 37.8 Å². The monoisotopic (exact) mass is 441 g/mol. The van der Waals surface area contributed by atoms with Crippen LogP contribution in [0.4, 0.5) is 23.1 Å². The summed E-state index contributed by atoms with van der Waals surface area (Å²) in [5, 5.41) is 6.71. The number of dihydropyridines is 1. The van der Waals surface area contributed by atoms with Gasteiger partial charge in [0.05, 0.1) is 13.2 Å². The number of para-hydroxylation sites is 2. The predicted molar refractivity (Wildman–Crippen MR) is 132 cm³/mol. The average molecular weight is 442 g/mol. The summed E-state index contributed by atoms with van der Waals surface area (Å²) in [6.45, 7) is 2.60. The van der Waals surface area contributed by atoms with Gasteiger partial charge in [0, 0.05) is 41.2 Å². The van der Waals surface area contributed by atoms with E-state index in [1.165, 1.54) is 0 Å². The third-order valence-electron chi connectivity index (χ3n) is 5.47. The molecule has 0 saturated heterocycles. The van der Waals surface area contributed by atoms with E-state index in [9.17, 15) is 4.79 Å². The lowest BCUT2D eigenvalue weighted by molar-refractivity contribution is -0.143. The Balaban J connectivity index is 1.69. The van der Waals surface area contributed by atoms with Crippen LogP contribution in [0.2, 0.25) is 0 Å². The van der Waals surface area contributed by atoms with Crippen LogP contribution in [0.3, 0.4) is 0 Å². The van der Waals surface area contributed by atoms with Gasteiger partial charge in [-0.3, -0.25) is 9.79 Å². The van der Waals surface area contributed by atoms with Gasteiger partial charge in [-0.15, -0.1) is 0 Å². The van der Waals surface area contributed by atoms with Crippen molar-refractivity contribution in [2.75, 3.05) is 23.8 Å². The fraction of sp³-hybridized carbons (Fsp3) is 0.231. The lowest BCUT2D eigenvalue weighted by Crippen LogP contribution is -2.32. The summed E-state index contributed by atoms with van der Waals surface area (Å²) in [5.74, 6) is 0.951. The zero-order valence-corrected chi connectivity index (χ0v) is 18.6. The summed E-state index contributed by atoms with van der Waals surface area (Å²) in [4.78, 5) is 25.6. The number of carbonyl (C=O) groups is 1. The molecule has 1 unspecified atom stereocenters. The van der Waals surface area contributed by atoms with Gasteiger partial charge in [-0.2, -0.15) is 4.98 Å². The van der Waals surface area contributed by atoms with Crippen LogP contribution in [-0.4, -0.2) is 35.3 Å². The molecule has 0 aliphatic carbocycles. The Labute approximate surface area is 193 Å². The number of allylic oxidation sites excluding steroid dienone is 1. The van der Waals surface area contributed by atoms with Crippen molar-refractivity contribution in [3.8, 4) is 0 Å². The number of nitrogens with zero attached hydrogens (tertiary/aromatic N) is 3. The predicted octanol–water partition coefficient (Wildman–Crippen LogP) is 5.19. The fourth-order valence-electron chi connectivity index (χ4n) is 3.69. The summed E-state index contributed by atoms with van der Waals surface area (Å²) in [5.41, 5.74) is 2.22. The Morgan fingerprint density at radius 1 is 1.03 bits per heavy atom. The molecule has 4 rings (SSSR count). The summed E-state index contributed by atoms with van der Waals surface area (Å²) in [7, 11) is 0. The van der Waals surface area contributed by atoms with Crippen molar-refractivity contribution in [3.05, 3.63) is 84.6 Å². The molecular weight excluding hydrogens is 414 g/mol. The topological polar surface area (TPSA) is 88.5 Å². The van der Waals surface area contributed by atoms with Gasteiger partial charge in [0.15, 0.2) is 0 Å². The molecule has 0 saturated carbocycles. The first kappa shape index (κ1) is 22.2. The summed E-state index contributed by atoms with van der Waals surface area (Å²) in [6, 6.07) is 19.7. The highest BCUT2D eigenvalue weighted by Crippen LogP contribution is 2.37. The van der Waals surface area contributed by atoms with Crippen molar-refractivity contribution < 1.29 is 9.53 Å². The van der Waals surface area contributed by atoms with E-state index in [1.54, 1.807) is 13.1 Å². The van der Waals surface area contributed by atoms with Gasteiger partial charge >= 0.3 is 5.97 Å². The van der Waals surface area contributed by atoms with Gasteiger partial charge in [-0.1, -0.05) is 49.4 Å². The van der Waals surface area contributed by atoms with Crippen LogP contribution < -0.4 is 10.6 Å². The number of ether oxygens (including phenoxy) is 1. The molecule has 0 bridgehead atoms. The largest absolute Gasteiger partial charge is 0.466 e. The van der Waals surface area contributed by atoms with Crippen molar-refractivity contribution in [2.45, 2.75) is 25.2 Å². The Morgan fingerprint density at radius 2 is 1.73 bits per heavy atom. The lowest BCUT2D eigenvalue weighted by Gasteiger charge is -2.32. The first-order valence-corrected chi connectivity index (χ1v) is 11.0. The first-order valence-electron chi connectivity index (χ1n) is 11.0. The molecule has 168 valence electrons. The van der Waals surface area contributed by atoms with E-state index in [-0.39, 0.29) is 5.97 Å². The SMILES string of the molecule is CCC(=O)OCCC1(c2cnc(Nc3ccccc3)nc2Nc2ccccc2)C=CC=NC1. The smallest absolute Gasteiger partial charge is 0.305 e. The Hall–Kier alpha value is -4.00. The molecule has 3 aromatic rings. The maximum Gasteiger partial charge on any atom is 0.305 e. The molecule has 33 heavy (non-hydrogen) atoms. The minimum absolute atomic E-state index is 0.213. The Kier molecular flexibility index (Phi) is 7.09. The second-order valence-electron chi connectivity index (χ2n) is 7.77. The number of rotatable bonds is 9. The molecule has 0 amide bonds. The van der Waals surface area contributed by atoms with Crippen molar-refractivity contribution >= 4 is 35.3 Å². The second-order valence-corrected chi connectivity index (χ2v) is 7.77. The van der Waals surface area contributed by atoms with Crippen molar-refractivity contribution in [2.24, 2.45) is 4.99 Å². The van der Waals surface area contributed by atoms with E-state index in [4.69, 9.17) is 9.72 Å². The number of esters is 1. The molecule has 0 spiro atoms. The second kappa shape index (κ2) is 10.5. The van der Waals surface area contributed by atoms with Crippen LogP contribution in [0, 0.1) is 0 Å². The quantitative estimate of drug-likeness (QED) is 0.445. The van der Waals surface area contributed by atoms with E-state index < -0.39 is 5.41 Å². The maximum atomic E-state index is 11.7. The third-order valence-corrected chi connectivity index (χ3v) is 5.47. The van der Waals surface area contributed by atoms with Crippen LogP contribution in [0.5, 0.6) is 0 Å². The zero-order chi connectivity index (χ0) is 22.9. The number of benzene rings is 2. The highest BCUT2D eigenvalue weighted by molar-refractivity contribution is 5.74. The van der Waals surface area contributed by atoms with Gasteiger partial charge < -0.3 is 15.4 Å². The molecule has 7 nitrogen and oxygen atoms in total. The molecule has 2 aromatic carbocycles. The Morgan fingerprint density at radius 3 is 2.36 bits per heavy atom. The molecule has 1 aromatic heterocycles. The van der Waals surface area contributed by atoms with Gasteiger partial charge in [-0.25, -0.2) is 4.98 Å². The first-order chi connectivity index (χ1) is 16.2. The number of hydrogen-bond acceptors (Lipinski definition) is 7. The Bertz CT molecular complexity index is 1130. The molecule has 1 atom stereocenters. The van der Waals surface area contributed by atoms with Crippen LogP contribution in [0.1, 0.15) is 25.3 Å². The van der Waals surface area contributed by atoms with Crippen molar-refractivity contribution in [1.29, 1.82) is 0 Å². The van der Waals surface area contributed by atoms with Crippen molar-refractivity contribution in [3.63, 3.8) is 0 Å². The number of hydrogen-bond donors (Lipinski definition) is 2. The number of aliphatic imine (C=N–C) groups is 1. The maximum absolute atomic E-state index is 11.7. The standard InChI is InChI=1S/C26H27N5O2/c1-2-23(32)33-17-15-26(14-9-16-27-19-26)22-18-28-25(30-21-12-7-4-8-13-21)31-24(22)29-20-10-5-3-6-11-20/h3-14,16,18H,2,15,17,19H2,1H3,(H2,28,29,30,31). The number of nitrogens with one attached hydrogen (secondary N) is 2. The number of carbonyl (C=O) groups excluding carboxylic acids is 1. The van der Waals surface area contributed by atoms with E-state index >= 15 is 0 Å². The summed E-state index contributed by atoms with van der Waals surface area (Å²) < 4.78 is 5.40. The van der Waals surface area contributed by atoms with Crippen LogP contribution in [0.25, 0.3) is 0 Å². The summed E-state index contributed by atoms with van der Waals surface area (Å²) in [6.07, 6.45) is 8.56. The minimum atomic E-state index is -0.495. The van der Waals surface area contributed by atoms with Gasteiger partial charge in [-0.05, 0) is 36.8 Å². The molecule has 2 N–H and O–H groups in total. The number of anilines is 4. The zero-order valence-electron chi connectivity index (χ0n) is 18.6. The normalized spacial score (nSPS) is 16.9. The minimum Gasteiger partial charge on any atom is -0.466 e. The molecule has 0 fully saturated rings. The lowest BCUT2D eigenvalue weighted by atomic mass is 9.77. The molecule has 1 aliphatic rings. The summed E-state index contributed by atoms with van der Waals surface area (Å²) >= 11 is 0. The van der Waals surface area contributed by atoms with Crippen LogP contribution >= 0.6 is 0 Å². The highest BCUT2D eigenvalue weighted by Gasteiger charge is 2.34. The molecular formula is C26H27N5O2. The number of aromatic nitrogens is 2. The van der Waals surface area contributed by atoms with E-state index in [2.05, 4.69) is 26.7 Å². The van der Waals surface area contributed by atoms with E-state index in [0.717, 1.165) is 16.9 Å². The molecule has 1 aliphatic heterocycles. The van der Waals surface area contributed by atoms with Gasteiger partial charge in [0.2, 0.25) is 5.95 Å².